The van der Waals surface area contributed by atoms with Crippen LogP contribution in [0, 0.1) is 6.92 Å². The second kappa shape index (κ2) is 7.84. The molecule has 1 N–H and O–H groups in total. The molecule has 0 amide bonds. The van der Waals surface area contributed by atoms with Gasteiger partial charge in [-0.15, -0.1) is 0 Å². The van der Waals surface area contributed by atoms with Gasteiger partial charge in [0.2, 0.25) is 0 Å². The van der Waals surface area contributed by atoms with Gasteiger partial charge in [-0.25, -0.2) is 0 Å². The van der Waals surface area contributed by atoms with Gasteiger partial charge in [-0.05, 0) is 61.9 Å². The highest BCUT2D eigenvalue weighted by atomic mass is 16.5. The van der Waals surface area contributed by atoms with Crippen molar-refractivity contribution >= 4 is 0 Å². The summed E-state index contributed by atoms with van der Waals surface area (Å²) in [6.45, 7) is 4.53. The molecule has 0 aliphatic heterocycles. The monoisotopic (exact) mass is 284 g/mol. The Bertz CT molecular complexity index is 547. The van der Waals surface area contributed by atoms with E-state index in [1.54, 1.807) is 6.92 Å². The Morgan fingerprint density at radius 2 is 1.81 bits per heavy atom. The Kier molecular flexibility index (Phi) is 5.82. The normalized spacial score (nSPS) is 12.1. The molecule has 2 aromatic carbocycles. The van der Waals surface area contributed by atoms with Crippen LogP contribution in [0.4, 0.5) is 0 Å². The molecule has 2 nitrogen and oxygen atoms in total. The molecule has 0 heterocycles. The lowest BCUT2D eigenvalue weighted by Gasteiger charge is -2.12. The molecule has 0 fully saturated rings. The van der Waals surface area contributed by atoms with Crippen molar-refractivity contribution in [3.8, 4) is 5.75 Å². The van der Waals surface area contributed by atoms with Crippen molar-refractivity contribution in [3.63, 3.8) is 0 Å². The molecule has 112 valence electrons. The average Bonchev–Trinajstić information content (AvgIpc) is 2.49. The summed E-state index contributed by atoms with van der Waals surface area (Å²) in [5.41, 5.74) is 3.40. The Balaban J connectivity index is 1.74. The van der Waals surface area contributed by atoms with Crippen LogP contribution in [0.15, 0.2) is 48.5 Å². The van der Waals surface area contributed by atoms with Gasteiger partial charge in [-0.2, -0.15) is 0 Å². The van der Waals surface area contributed by atoms with Crippen LogP contribution in [0.3, 0.4) is 0 Å². The van der Waals surface area contributed by atoms with E-state index in [1.807, 2.05) is 31.2 Å². The summed E-state index contributed by atoms with van der Waals surface area (Å²) in [5, 5.41) is 9.55. The lowest BCUT2D eigenvalue weighted by Crippen LogP contribution is -2.01. The highest BCUT2D eigenvalue weighted by Crippen LogP contribution is 2.22. The lowest BCUT2D eigenvalue weighted by atomic mass is 10.1. The molecule has 1 atom stereocenters. The molecule has 2 rings (SSSR count). The van der Waals surface area contributed by atoms with E-state index in [0.29, 0.717) is 0 Å². The molecule has 1 unspecified atom stereocenters. The van der Waals surface area contributed by atoms with Crippen LogP contribution >= 0.6 is 0 Å². The summed E-state index contributed by atoms with van der Waals surface area (Å²) in [5.74, 6) is 0.916. The van der Waals surface area contributed by atoms with E-state index in [9.17, 15) is 5.11 Å². The van der Waals surface area contributed by atoms with Gasteiger partial charge < -0.3 is 9.84 Å². The van der Waals surface area contributed by atoms with E-state index in [0.717, 1.165) is 42.7 Å². The van der Waals surface area contributed by atoms with Gasteiger partial charge in [0.05, 0.1) is 12.7 Å². The topological polar surface area (TPSA) is 29.5 Å². The number of unbranched alkanes of at least 4 members (excludes halogenated alkanes) is 1. The second-order valence-corrected chi connectivity index (χ2v) is 5.49. The number of benzene rings is 2. The third-order valence-electron chi connectivity index (χ3n) is 3.64. The first-order chi connectivity index (χ1) is 10.2. The molecule has 0 aliphatic carbocycles. The molecule has 21 heavy (non-hydrogen) atoms. The van der Waals surface area contributed by atoms with Crippen LogP contribution in [0.2, 0.25) is 0 Å². The van der Waals surface area contributed by atoms with Crippen LogP contribution in [0.1, 0.15) is 42.6 Å². The maximum absolute atomic E-state index is 9.55. The first-order valence-corrected chi connectivity index (χ1v) is 7.62. The summed E-state index contributed by atoms with van der Waals surface area (Å²) in [7, 11) is 0. The lowest BCUT2D eigenvalue weighted by molar-refractivity contribution is 0.199. The highest BCUT2D eigenvalue weighted by Gasteiger charge is 2.05. The average molecular weight is 284 g/mol. The minimum absolute atomic E-state index is 0.427. The number of ether oxygens (including phenoxy) is 1. The fourth-order valence-corrected chi connectivity index (χ4v) is 2.35. The third kappa shape index (κ3) is 4.91. The highest BCUT2D eigenvalue weighted by molar-refractivity contribution is 5.36. The van der Waals surface area contributed by atoms with Crippen LogP contribution in [0.25, 0.3) is 0 Å². The first kappa shape index (κ1) is 15.6. The van der Waals surface area contributed by atoms with Crippen molar-refractivity contribution in [1.82, 2.24) is 0 Å². The van der Waals surface area contributed by atoms with Crippen molar-refractivity contribution < 1.29 is 9.84 Å². The van der Waals surface area contributed by atoms with Crippen LogP contribution in [-0.2, 0) is 6.42 Å². The first-order valence-electron chi connectivity index (χ1n) is 7.62. The van der Waals surface area contributed by atoms with Crippen molar-refractivity contribution in [2.75, 3.05) is 6.61 Å². The molecule has 0 radical (unpaired) electrons. The van der Waals surface area contributed by atoms with Gasteiger partial charge in [0.15, 0.2) is 0 Å². The second-order valence-electron chi connectivity index (χ2n) is 5.49. The fraction of sp³-hybridized carbons (Fsp3) is 0.368. The standard InChI is InChI=1S/C19H24O2/c1-15-14-18(16(2)20)11-12-19(15)21-13-7-6-10-17-8-4-3-5-9-17/h3-5,8-9,11-12,14,16,20H,6-7,10,13H2,1-2H3. The zero-order valence-corrected chi connectivity index (χ0v) is 12.9. The summed E-state index contributed by atoms with van der Waals surface area (Å²) in [6, 6.07) is 16.4. The van der Waals surface area contributed by atoms with E-state index in [1.165, 1.54) is 5.56 Å². The summed E-state index contributed by atoms with van der Waals surface area (Å²) < 4.78 is 5.83. The molecule has 2 heteroatoms. The smallest absolute Gasteiger partial charge is 0.122 e. The molecule has 0 aliphatic rings. The van der Waals surface area contributed by atoms with Gasteiger partial charge in [0.1, 0.15) is 5.75 Å². The predicted octanol–water partition coefficient (Wildman–Crippen LogP) is 4.45. The largest absolute Gasteiger partial charge is 0.493 e. The van der Waals surface area contributed by atoms with Crippen molar-refractivity contribution in [2.24, 2.45) is 0 Å². The number of aryl methyl sites for hydroxylation is 2. The summed E-state index contributed by atoms with van der Waals surface area (Å²) in [6.07, 6.45) is 2.86. The number of aliphatic hydroxyl groups is 1. The summed E-state index contributed by atoms with van der Waals surface area (Å²) in [4.78, 5) is 0. The minimum Gasteiger partial charge on any atom is -0.493 e. The van der Waals surface area contributed by atoms with Crippen molar-refractivity contribution in [1.29, 1.82) is 0 Å². The molecule has 0 saturated heterocycles. The fourth-order valence-electron chi connectivity index (χ4n) is 2.35. The third-order valence-corrected chi connectivity index (χ3v) is 3.64. The molecular formula is C19H24O2. The molecule has 0 bridgehead atoms. The number of rotatable bonds is 7. The number of hydrogen-bond acceptors (Lipinski definition) is 2. The van der Waals surface area contributed by atoms with Crippen molar-refractivity contribution in [2.45, 2.75) is 39.2 Å². The predicted molar refractivity (Wildman–Crippen MR) is 86.7 cm³/mol. The Labute approximate surface area is 127 Å². The Hall–Kier alpha value is -1.80. The van der Waals surface area contributed by atoms with Crippen LogP contribution in [0.5, 0.6) is 5.75 Å². The molecule has 2 aromatic rings. The van der Waals surface area contributed by atoms with Gasteiger partial charge in [0, 0.05) is 0 Å². The quantitative estimate of drug-likeness (QED) is 0.761. The zero-order valence-electron chi connectivity index (χ0n) is 12.9. The maximum Gasteiger partial charge on any atom is 0.122 e. The van der Waals surface area contributed by atoms with Crippen LogP contribution < -0.4 is 4.74 Å². The van der Waals surface area contributed by atoms with Gasteiger partial charge in [-0.1, -0.05) is 36.4 Å². The maximum atomic E-state index is 9.55. The van der Waals surface area contributed by atoms with E-state index in [-0.39, 0.29) is 0 Å². The van der Waals surface area contributed by atoms with Gasteiger partial charge in [-0.3, -0.25) is 0 Å². The zero-order chi connectivity index (χ0) is 15.1. The van der Waals surface area contributed by atoms with E-state index in [2.05, 4.69) is 24.3 Å². The Morgan fingerprint density at radius 1 is 1.05 bits per heavy atom. The SMILES string of the molecule is Cc1cc(C(C)O)ccc1OCCCCc1ccccc1. The van der Waals surface area contributed by atoms with E-state index >= 15 is 0 Å². The van der Waals surface area contributed by atoms with E-state index < -0.39 is 6.10 Å². The van der Waals surface area contributed by atoms with Gasteiger partial charge >= 0.3 is 0 Å². The van der Waals surface area contributed by atoms with Gasteiger partial charge in [0.25, 0.3) is 0 Å². The molecular weight excluding hydrogens is 260 g/mol. The molecule has 0 spiro atoms. The molecule has 0 aromatic heterocycles. The van der Waals surface area contributed by atoms with E-state index in [4.69, 9.17) is 4.74 Å². The Morgan fingerprint density at radius 3 is 2.48 bits per heavy atom. The minimum atomic E-state index is -0.427. The number of aliphatic hydroxyl groups excluding tert-OH is 1. The van der Waals surface area contributed by atoms with Crippen molar-refractivity contribution in [3.05, 3.63) is 65.2 Å². The number of hydrogen-bond donors (Lipinski definition) is 1. The molecule has 0 saturated carbocycles. The summed E-state index contributed by atoms with van der Waals surface area (Å²) >= 11 is 0. The van der Waals surface area contributed by atoms with Crippen LogP contribution in [-0.4, -0.2) is 11.7 Å².